The molecule has 2 aromatic rings. The number of ether oxygens (including phenoxy) is 2. The Morgan fingerprint density at radius 3 is 2.52 bits per heavy atom. The van der Waals surface area contributed by atoms with Gasteiger partial charge in [0.2, 0.25) is 0 Å². The number of anilines is 2. The number of nitrogens with one attached hydrogen (secondary N) is 1. The number of carbonyl (C=O) groups is 2. The van der Waals surface area contributed by atoms with Gasteiger partial charge in [-0.1, -0.05) is 11.6 Å². The Morgan fingerprint density at radius 1 is 1.17 bits per heavy atom. The number of hydrogen-bond acceptors (Lipinski definition) is 5. The third-order valence-electron chi connectivity index (χ3n) is 2.93. The minimum absolute atomic E-state index is 0.205. The van der Waals surface area contributed by atoms with Crippen LogP contribution in [-0.2, 0) is 9.53 Å². The molecule has 0 unspecified atom stereocenters. The number of halogens is 1. The number of carbonyl (C=O) groups excluding carboxylic acids is 2. The Hall–Kier alpha value is -2.73. The summed E-state index contributed by atoms with van der Waals surface area (Å²) < 4.78 is 9.95. The quantitative estimate of drug-likeness (QED) is 0.648. The second-order valence-corrected chi connectivity index (χ2v) is 5.02. The molecule has 0 saturated carbocycles. The lowest BCUT2D eigenvalue weighted by atomic mass is 10.1. The molecule has 7 heteroatoms. The molecule has 0 aliphatic heterocycles. The zero-order valence-corrected chi connectivity index (χ0v) is 13.1. The SMILES string of the molecule is COC(=O)c1ccc(N)c(NC(=O)COc2ccc(Cl)cc2)c1. The van der Waals surface area contributed by atoms with Gasteiger partial charge in [-0.05, 0) is 42.5 Å². The molecule has 0 atom stereocenters. The first-order chi connectivity index (χ1) is 11.0. The summed E-state index contributed by atoms with van der Waals surface area (Å²) in [5, 5.41) is 3.17. The Kier molecular flexibility index (Phi) is 5.43. The molecule has 0 aliphatic carbocycles. The molecule has 23 heavy (non-hydrogen) atoms. The molecule has 0 saturated heterocycles. The zero-order valence-electron chi connectivity index (χ0n) is 12.3. The van der Waals surface area contributed by atoms with Gasteiger partial charge in [0.05, 0.1) is 24.0 Å². The fourth-order valence-corrected chi connectivity index (χ4v) is 1.90. The van der Waals surface area contributed by atoms with Crippen LogP contribution in [0.4, 0.5) is 11.4 Å². The van der Waals surface area contributed by atoms with E-state index in [0.717, 1.165) is 0 Å². The fourth-order valence-electron chi connectivity index (χ4n) is 1.78. The van der Waals surface area contributed by atoms with Crippen molar-refractivity contribution < 1.29 is 19.1 Å². The van der Waals surface area contributed by atoms with Crippen LogP contribution in [0.25, 0.3) is 0 Å². The van der Waals surface area contributed by atoms with Crippen LogP contribution in [0, 0.1) is 0 Å². The van der Waals surface area contributed by atoms with Crippen LogP contribution in [0.3, 0.4) is 0 Å². The van der Waals surface area contributed by atoms with E-state index >= 15 is 0 Å². The summed E-state index contributed by atoms with van der Waals surface area (Å²) >= 11 is 5.76. The molecule has 2 aromatic carbocycles. The van der Waals surface area contributed by atoms with E-state index in [-0.39, 0.29) is 12.2 Å². The predicted molar refractivity (Wildman–Crippen MR) is 87.8 cm³/mol. The van der Waals surface area contributed by atoms with Crippen molar-refractivity contribution in [1.29, 1.82) is 0 Å². The summed E-state index contributed by atoms with van der Waals surface area (Å²) in [6, 6.07) is 11.1. The molecule has 0 radical (unpaired) electrons. The summed E-state index contributed by atoms with van der Waals surface area (Å²) in [6.07, 6.45) is 0. The van der Waals surface area contributed by atoms with Crippen LogP contribution in [-0.4, -0.2) is 25.6 Å². The molecular formula is C16H15ClN2O4. The van der Waals surface area contributed by atoms with E-state index < -0.39 is 11.9 Å². The lowest BCUT2D eigenvalue weighted by molar-refractivity contribution is -0.118. The third-order valence-corrected chi connectivity index (χ3v) is 3.18. The van der Waals surface area contributed by atoms with Gasteiger partial charge in [0.15, 0.2) is 6.61 Å². The Morgan fingerprint density at radius 2 is 1.87 bits per heavy atom. The maximum Gasteiger partial charge on any atom is 0.337 e. The summed E-state index contributed by atoms with van der Waals surface area (Å²) in [5.74, 6) is -0.410. The summed E-state index contributed by atoms with van der Waals surface area (Å²) in [5.41, 5.74) is 6.72. The zero-order chi connectivity index (χ0) is 16.8. The van der Waals surface area contributed by atoms with Gasteiger partial charge in [0, 0.05) is 5.02 Å². The average molecular weight is 335 g/mol. The highest BCUT2D eigenvalue weighted by Crippen LogP contribution is 2.21. The van der Waals surface area contributed by atoms with E-state index in [4.69, 9.17) is 22.1 Å². The number of rotatable bonds is 5. The highest BCUT2D eigenvalue weighted by atomic mass is 35.5. The van der Waals surface area contributed by atoms with E-state index in [9.17, 15) is 9.59 Å². The van der Waals surface area contributed by atoms with Crippen LogP contribution in [0.1, 0.15) is 10.4 Å². The number of nitrogens with two attached hydrogens (primary N) is 1. The predicted octanol–water partition coefficient (Wildman–Crippen LogP) is 2.73. The van der Waals surface area contributed by atoms with Crippen molar-refractivity contribution in [2.45, 2.75) is 0 Å². The topological polar surface area (TPSA) is 90.6 Å². The van der Waals surface area contributed by atoms with Crippen molar-refractivity contribution in [2.75, 3.05) is 24.8 Å². The van der Waals surface area contributed by atoms with Gasteiger partial charge in [-0.25, -0.2) is 4.79 Å². The van der Waals surface area contributed by atoms with E-state index in [1.165, 1.54) is 25.3 Å². The highest BCUT2D eigenvalue weighted by molar-refractivity contribution is 6.30. The summed E-state index contributed by atoms with van der Waals surface area (Å²) in [4.78, 5) is 23.4. The van der Waals surface area contributed by atoms with Gasteiger partial charge in [0.1, 0.15) is 5.75 Å². The maximum absolute atomic E-state index is 11.9. The number of benzene rings is 2. The molecule has 1 amide bonds. The molecule has 120 valence electrons. The van der Waals surface area contributed by atoms with Crippen molar-refractivity contribution in [2.24, 2.45) is 0 Å². The minimum Gasteiger partial charge on any atom is -0.484 e. The molecule has 0 aromatic heterocycles. The van der Waals surface area contributed by atoms with Crippen molar-refractivity contribution in [1.82, 2.24) is 0 Å². The lowest BCUT2D eigenvalue weighted by Gasteiger charge is -2.10. The van der Waals surface area contributed by atoms with Crippen molar-refractivity contribution in [3.05, 3.63) is 53.1 Å². The Balaban J connectivity index is 1.99. The normalized spacial score (nSPS) is 10.0. The van der Waals surface area contributed by atoms with Gasteiger partial charge in [-0.2, -0.15) is 0 Å². The second kappa shape index (κ2) is 7.51. The fraction of sp³-hybridized carbons (Fsp3) is 0.125. The van der Waals surface area contributed by atoms with Gasteiger partial charge >= 0.3 is 5.97 Å². The molecule has 0 aliphatic rings. The third kappa shape index (κ3) is 4.62. The minimum atomic E-state index is -0.516. The average Bonchev–Trinajstić information content (AvgIpc) is 2.55. The van der Waals surface area contributed by atoms with Gasteiger partial charge in [0.25, 0.3) is 5.91 Å². The van der Waals surface area contributed by atoms with E-state index in [2.05, 4.69) is 10.1 Å². The van der Waals surface area contributed by atoms with E-state index in [0.29, 0.717) is 22.1 Å². The first-order valence-corrected chi connectivity index (χ1v) is 7.03. The van der Waals surface area contributed by atoms with Gasteiger partial charge < -0.3 is 20.5 Å². The second-order valence-electron chi connectivity index (χ2n) is 4.58. The highest BCUT2D eigenvalue weighted by Gasteiger charge is 2.11. The summed E-state index contributed by atoms with van der Waals surface area (Å²) in [6.45, 7) is -0.205. The van der Waals surface area contributed by atoms with Gasteiger partial charge in [-0.15, -0.1) is 0 Å². The van der Waals surface area contributed by atoms with Crippen LogP contribution in [0.2, 0.25) is 5.02 Å². The molecule has 0 bridgehead atoms. The number of methoxy groups -OCH3 is 1. The first-order valence-electron chi connectivity index (χ1n) is 6.65. The van der Waals surface area contributed by atoms with Crippen LogP contribution < -0.4 is 15.8 Å². The maximum atomic E-state index is 11.9. The number of amides is 1. The molecule has 3 N–H and O–H groups in total. The number of hydrogen-bond donors (Lipinski definition) is 2. The van der Waals surface area contributed by atoms with Crippen molar-refractivity contribution in [3.63, 3.8) is 0 Å². The van der Waals surface area contributed by atoms with Crippen LogP contribution >= 0.6 is 11.6 Å². The first kappa shape index (κ1) is 16.6. The molecule has 2 rings (SSSR count). The monoisotopic (exact) mass is 334 g/mol. The molecule has 6 nitrogen and oxygen atoms in total. The van der Waals surface area contributed by atoms with Gasteiger partial charge in [-0.3, -0.25) is 4.79 Å². The largest absolute Gasteiger partial charge is 0.484 e. The van der Waals surface area contributed by atoms with E-state index in [1.807, 2.05) is 0 Å². The van der Waals surface area contributed by atoms with Crippen LogP contribution in [0.5, 0.6) is 5.75 Å². The lowest BCUT2D eigenvalue weighted by Crippen LogP contribution is -2.21. The molecule has 0 heterocycles. The van der Waals surface area contributed by atoms with Crippen molar-refractivity contribution in [3.8, 4) is 5.75 Å². The number of nitrogen functional groups attached to an aromatic ring is 1. The molecule has 0 fully saturated rings. The smallest absolute Gasteiger partial charge is 0.337 e. The summed E-state index contributed by atoms with van der Waals surface area (Å²) in [7, 11) is 1.27. The molecular weight excluding hydrogens is 320 g/mol. The molecule has 0 spiro atoms. The number of esters is 1. The Labute approximate surface area is 138 Å². The van der Waals surface area contributed by atoms with Crippen molar-refractivity contribution >= 4 is 34.9 Å². The standard InChI is InChI=1S/C16H15ClN2O4/c1-22-16(21)10-2-7-13(18)14(8-10)19-15(20)9-23-12-5-3-11(17)4-6-12/h2-8H,9,18H2,1H3,(H,19,20). The van der Waals surface area contributed by atoms with E-state index in [1.54, 1.807) is 24.3 Å². The van der Waals surface area contributed by atoms with Crippen LogP contribution in [0.15, 0.2) is 42.5 Å². The Bertz CT molecular complexity index is 717.